The summed E-state index contributed by atoms with van der Waals surface area (Å²) < 4.78 is 0. The first-order chi connectivity index (χ1) is 10.3. The fourth-order valence-electron chi connectivity index (χ4n) is 3.62. The van der Waals surface area contributed by atoms with Gasteiger partial charge in [-0.05, 0) is 35.8 Å². The first-order valence-electron chi connectivity index (χ1n) is 7.80. The van der Waals surface area contributed by atoms with Crippen LogP contribution in [0.2, 0.25) is 0 Å². The standard InChI is InChI=1S/C20H24N2/c1-13-18(21)20(4,5)17-14(16-11-6-7-12-22-16)9-8-10-15(17)19(13,2)3/h6-12H,21H2,1-5H3. The Bertz CT molecular complexity index is 753. The number of hydrogen-bond donors (Lipinski definition) is 1. The quantitative estimate of drug-likeness (QED) is 0.837. The maximum atomic E-state index is 6.55. The van der Waals surface area contributed by atoms with Gasteiger partial charge in [-0.25, -0.2) is 0 Å². The van der Waals surface area contributed by atoms with Gasteiger partial charge in [0.1, 0.15) is 0 Å². The van der Waals surface area contributed by atoms with E-state index in [9.17, 15) is 0 Å². The number of allylic oxidation sites excluding steroid dienone is 2. The lowest BCUT2D eigenvalue weighted by atomic mass is 9.61. The molecule has 2 nitrogen and oxygen atoms in total. The monoisotopic (exact) mass is 292 g/mol. The van der Waals surface area contributed by atoms with Crippen LogP contribution in [-0.4, -0.2) is 4.98 Å². The largest absolute Gasteiger partial charge is 0.401 e. The maximum Gasteiger partial charge on any atom is 0.0705 e. The molecule has 22 heavy (non-hydrogen) atoms. The van der Waals surface area contributed by atoms with Gasteiger partial charge in [0.15, 0.2) is 0 Å². The van der Waals surface area contributed by atoms with Gasteiger partial charge < -0.3 is 5.73 Å². The van der Waals surface area contributed by atoms with Crippen LogP contribution in [0.25, 0.3) is 11.3 Å². The zero-order chi connectivity index (χ0) is 16.1. The Hall–Kier alpha value is -2.09. The summed E-state index contributed by atoms with van der Waals surface area (Å²) >= 11 is 0. The number of benzene rings is 1. The molecular weight excluding hydrogens is 268 g/mol. The van der Waals surface area contributed by atoms with E-state index in [0.29, 0.717) is 0 Å². The summed E-state index contributed by atoms with van der Waals surface area (Å²) in [5.74, 6) is 0. The lowest BCUT2D eigenvalue weighted by molar-refractivity contribution is 0.500. The van der Waals surface area contributed by atoms with Crippen molar-refractivity contribution in [3.8, 4) is 11.3 Å². The molecule has 0 fully saturated rings. The van der Waals surface area contributed by atoms with Gasteiger partial charge in [0.25, 0.3) is 0 Å². The Balaban J connectivity index is 2.38. The molecule has 1 heterocycles. The zero-order valence-electron chi connectivity index (χ0n) is 14.1. The molecular formula is C20H24N2. The van der Waals surface area contributed by atoms with Crippen LogP contribution in [0, 0.1) is 0 Å². The van der Waals surface area contributed by atoms with Crippen molar-refractivity contribution in [3.05, 3.63) is 65.0 Å². The van der Waals surface area contributed by atoms with E-state index in [1.807, 2.05) is 18.3 Å². The number of aromatic nitrogens is 1. The molecule has 0 spiro atoms. The van der Waals surface area contributed by atoms with E-state index in [1.165, 1.54) is 22.3 Å². The summed E-state index contributed by atoms with van der Waals surface area (Å²) in [4.78, 5) is 4.56. The third kappa shape index (κ3) is 1.90. The lowest BCUT2D eigenvalue weighted by Crippen LogP contribution is -2.40. The Kier molecular flexibility index (Phi) is 3.17. The van der Waals surface area contributed by atoms with Crippen LogP contribution in [-0.2, 0) is 10.8 Å². The van der Waals surface area contributed by atoms with Crippen LogP contribution in [0.3, 0.4) is 0 Å². The molecule has 0 amide bonds. The Labute approximate surface area is 133 Å². The van der Waals surface area contributed by atoms with Crippen molar-refractivity contribution >= 4 is 0 Å². The zero-order valence-corrected chi connectivity index (χ0v) is 14.1. The van der Waals surface area contributed by atoms with Gasteiger partial charge >= 0.3 is 0 Å². The van der Waals surface area contributed by atoms with Gasteiger partial charge in [-0.1, -0.05) is 52.0 Å². The van der Waals surface area contributed by atoms with Crippen molar-refractivity contribution in [2.75, 3.05) is 0 Å². The average molecular weight is 292 g/mol. The highest BCUT2D eigenvalue weighted by molar-refractivity contribution is 5.71. The van der Waals surface area contributed by atoms with Gasteiger partial charge in [0.2, 0.25) is 0 Å². The molecule has 1 aromatic heterocycles. The van der Waals surface area contributed by atoms with Crippen LogP contribution >= 0.6 is 0 Å². The second-order valence-corrected chi connectivity index (χ2v) is 7.23. The normalized spacial score (nSPS) is 19.0. The molecule has 2 heteroatoms. The van der Waals surface area contributed by atoms with Crippen molar-refractivity contribution in [2.45, 2.75) is 45.4 Å². The first-order valence-corrected chi connectivity index (χ1v) is 7.80. The Morgan fingerprint density at radius 3 is 2.27 bits per heavy atom. The summed E-state index contributed by atoms with van der Waals surface area (Å²) in [6.45, 7) is 11.1. The predicted octanol–water partition coefficient (Wildman–Crippen LogP) is 4.55. The van der Waals surface area contributed by atoms with Crippen LogP contribution in [0.15, 0.2) is 53.9 Å². The smallest absolute Gasteiger partial charge is 0.0705 e. The summed E-state index contributed by atoms with van der Waals surface area (Å²) in [5, 5.41) is 0. The highest BCUT2D eigenvalue weighted by Crippen LogP contribution is 2.50. The minimum absolute atomic E-state index is 0.0558. The summed E-state index contributed by atoms with van der Waals surface area (Å²) in [7, 11) is 0. The number of fused-ring (bicyclic) bond motifs is 1. The van der Waals surface area contributed by atoms with Crippen molar-refractivity contribution < 1.29 is 0 Å². The molecule has 2 aromatic rings. The van der Waals surface area contributed by atoms with Crippen LogP contribution in [0.1, 0.15) is 45.7 Å². The van der Waals surface area contributed by atoms with E-state index in [4.69, 9.17) is 5.73 Å². The molecule has 0 saturated heterocycles. The molecule has 0 saturated carbocycles. The maximum absolute atomic E-state index is 6.55. The minimum atomic E-state index is -0.191. The van der Waals surface area contributed by atoms with E-state index < -0.39 is 0 Å². The van der Waals surface area contributed by atoms with Crippen molar-refractivity contribution in [2.24, 2.45) is 5.73 Å². The summed E-state index contributed by atoms with van der Waals surface area (Å²) in [5.41, 5.74) is 13.4. The third-order valence-corrected chi connectivity index (χ3v) is 5.32. The molecule has 0 unspecified atom stereocenters. The molecule has 1 aliphatic rings. The van der Waals surface area contributed by atoms with E-state index in [0.717, 1.165) is 11.4 Å². The molecule has 0 radical (unpaired) electrons. The van der Waals surface area contributed by atoms with E-state index in [-0.39, 0.29) is 10.8 Å². The highest BCUT2D eigenvalue weighted by atomic mass is 14.7. The van der Waals surface area contributed by atoms with Crippen LogP contribution in [0.5, 0.6) is 0 Å². The predicted molar refractivity (Wildman–Crippen MR) is 92.6 cm³/mol. The molecule has 1 aromatic carbocycles. The second kappa shape index (κ2) is 4.70. The van der Waals surface area contributed by atoms with Gasteiger partial charge in [0, 0.05) is 28.3 Å². The van der Waals surface area contributed by atoms with Gasteiger partial charge in [0.05, 0.1) is 5.69 Å². The van der Waals surface area contributed by atoms with Crippen LogP contribution in [0.4, 0.5) is 0 Å². The van der Waals surface area contributed by atoms with E-state index in [2.05, 4.69) is 63.9 Å². The fraction of sp³-hybridized carbons (Fsp3) is 0.350. The molecule has 0 atom stereocenters. The highest BCUT2D eigenvalue weighted by Gasteiger charge is 2.42. The number of nitrogens with two attached hydrogens (primary N) is 1. The van der Waals surface area contributed by atoms with Gasteiger partial charge in [-0.2, -0.15) is 0 Å². The van der Waals surface area contributed by atoms with E-state index >= 15 is 0 Å². The summed E-state index contributed by atoms with van der Waals surface area (Å²) in [6, 6.07) is 12.6. The van der Waals surface area contributed by atoms with Crippen molar-refractivity contribution in [1.29, 1.82) is 0 Å². The molecule has 1 aliphatic carbocycles. The Morgan fingerprint density at radius 1 is 0.909 bits per heavy atom. The molecule has 2 N–H and O–H groups in total. The first kappa shape index (κ1) is 14.8. The minimum Gasteiger partial charge on any atom is -0.401 e. The third-order valence-electron chi connectivity index (χ3n) is 5.32. The molecule has 3 rings (SSSR count). The van der Waals surface area contributed by atoms with Gasteiger partial charge in [-0.15, -0.1) is 0 Å². The number of hydrogen-bond acceptors (Lipinski definition) is 2. The van der Waals surface area contributed by atoms with Crippen molar-refractivity contribution in [3.63, 3.8) is 0 Å². The second-order valence-electron chi connectivity index (χ2n) is 7.23. The van der Waals surface area contributed by atoms with Gasteiger partial charge in [-0.3, -0.25) is 4.98 Å². The average Bonchev–Trinajstić information content (AvgIpc) is 2.52. The van der Waals surface area contributed by atoms with E-state index in [1.54, 1.807) is 0 Å². The van der Waals surface area contributed by atoms with Crippen molar-refractivity contribution in [1.82, 2.24) is 4.98 Å². The number of rotatable bonds is 1. The van der Waals surface area contributed by atoms with Crippen LogP contribution < -0.4 is 5.73 Å². The fourth-order valence-corrected chi connectivity index (χ4v) is 3.62. The lowest BCUT2D eigenvalue weighted by Gasteiger charge is -2.44. The molecule has 0 aliphatic heterocycles. The SMILES string of the molecule is CC1=C(N)C(C)(C)c2c(-c3ccccn3)cccc2C1(C)C. The molecule has 114 valence electrons. The molecule has 0 bridgehead atoms. The number of nitrogens with zero attached hydrogens (tertiary/aromatic N) is 1. The Morgan fingerprint density at radius 2 is 1.64 bits per heavy atom. The summed E-state index contributed by atoms with van der Waals surface area (Å²) in [6.07, 6.45) is 1.85. The number of pyridine rings is 1. The topological polar surface area (TPSA) is 38.9 Å².